The van der Waals surface area contributed by atoms with Gasteiger partial charge in [-0.3, -0.25) is 0 Å². The molecule has 0 amide bonds. The van der Waals surface area contributed by atoms with Gasteiger partial charge in [0.25, 0.3) is 0 Å². The van der Waals surface area contributed by atoms with Crippen molar-refractivity contribution >= 4 is 0 Å². The lowest BCUT2D eigenvalue weighted by Gasteiger charge is -2.20. The van der Waals surface area contributed by atoms with Crippen molar-refractivity contribution in [2.24, 2.45) is 7.05 Å². The van der Waals surface area contributed by atoms with Crippen molar-refractivity contribution in [3.8, 4) is 0 Å². The van der Waals surface area contributed by atoms with Crippen LogP contribution in [0.3, 0.4) is 0 Å². The van der Waals surface area contributed by atoms with Gasteiger partial charge in [-0.05, 0) is 30.9 Å². The maximum absolute atomic E-state index is 4.22. The first-order valence-electron chi connectivity index (χ1n) is 4.66. The van der Waals surface area contributed by atoms with Crippen molar-refractivity contribution in [1.82, 2.24) is 20.2 Å². The minimum Gasteiger partial charge on any atom is -0.167 e. The van der Waals surface area contributed by atoms with Gasteiger partial charge >= 0.3 is 0 Å². The maximum atomic E-state index is 4.22. The molecular weight excluding hydrogens is 164 g/mol. The van der Waals surface area contributed by atoms with E-state index in [1.54, 1.807) is 7.05 Å². The van der Waals surface area contributed by atoms with Crippen LogP contribution in [0.2, 0.25) is 0 Å². The molecule has 1 heterocycles. The molecule has 0 bridgehead atoms. The summed E-state index contributed by atoms with van der Waals surface area (Å²) in [5.41, 5.74) is 1.32. The minimum absolute atomic E-state index is 0.454. The average Bonchev–Trinajstić information content (AvgIpc) is 2.52. The molecule has 13 heavy (non-hydrogen) atoms. The molecule has 0 aliphatic heterocycles. The van der Waals surface area contributed by atoms with E-state index >= 15 is 0 Å². The quantitative estimate of drug-likeness (QED) is 0.611. The molecule has 0 aromatic carbocycles. The van der Waals surface area contributed by atoms with Gasteiger partial charge in [-0.2, -0.15) is 4.80 Å². The number of tetrazole rings is 1. The van der Waals surface area contributed by atoms with Gasteiger partial charge in [0.05, 0.1) is 7.05 Å². The van der Waals surface area contributed by atoms with Crippen LogP contribution in [0.5, 0.6) is 0 Å². The third kappa shape index (κ3) is 1.76. The first-order chi connectivity index (χ1) is 6.25. The van der Waals surface area contributed by atoms with Crippen LogP contribution in [0.25, 0.3) is 0 Å². The van der Waals surface area contributed by atoms with Gasteiger partial charge < -0.3 is 0 Å². The third-order valence-electron chi connectivity index (χ3n) is 2.51. The Morgan fingerprint density at radius 2 is 2.38 bits per heavy atom. The summed E-state index contributed by atoms with van der Waals surface area (Å²) in [7, 11) is 1.80. The molecule has 2 rings (SSSR count). The van der Waals surface area contributed by atoms with Crippen molar-refractivity contribution in [2.75, 3.05) is 0 Å². The molecule has 1 aliphatic carbocycles. The third-order valence-corrected chi connectivity index (χ3v) is 2.51. The zero-order valence-corrected chi connectivity index (χ0v) is 7.90. The molecule has 1 aliphatic rings. The molecule has 1 fully saturated rings. The highest BCUT2D eigenvalue weighted by Crippen LogP contribution is 2.32. The molecule has 1 unspecified atom stereocenters. The van der Waals surface area contributed by atoms with Gasteiger partial charge in [0.2, 0.25) is 0 Å². The molecule has 1 atom stereocenters. The van der Waals surface area contributed by atoms with E-state index in [4.69, 9.17) is 0 Å². The van der Waals surface area contributed by atoms with Crippen molar-refractivity contribution in [1.29, 1.82) is 0 Å². The fourth-order valence-corrected chi connectivity index (χ4v) is 1.83. The molecule has 4 heteroatoms. The van der Waals surface area contributed by atoms with E-state index in [9.17, 15) is 0 Å². The molecule has 0 radical (unpaired) electrons. The van der Waals surface area contributed by atoms with E-state index in [0.29, 0.717) is 5.92 Å². The first-order valence-corrected chi connectivity index (χ1v) is 4.66. The van der Waals surface area contributed by atoms with E-state index in [-0.39, 0.29) is 0 Å². The molecule has 0 saturated heterocycles. The highest BCUT2D eigenvalue weighted by Gasteiger charge is 2.21. The van der Waals surface area contributed by atoms with E-state index in [1.807, 2.05) is 0 Å². The second-order valence-electron chi connectivity index (χ2n) is 3.68. The summed E-state index contributed by atoms with van der Waals surface area (Å²) in [6.45, 7) is 4.01. The van der Waals surface area contributed by atoms with E-state index in [0.717, 1.165) is 18.7 Å². The van der Waals surface area contributed by atoms with Crippen LogP contribution in [0.1, 0.15) is 37.4 Å². The predicted octanol–water partition coefficient (Wildman–Crippen LogP) is 1.42. The van der Waals surface area contributed by atoms with Crippen LogP contribution < -0.4 is 0 Å². The smallest absolute Gasteiger partial charge is 0.167 e. The van der Waals surface area contributed by atoms with E-state index in [2.05, 4.69) is 22.0 Å². The van der Waals surface area contributed by atoms with Crippen molar-refractivity contribution in [3.63, 3.8) is 0 Å². The number of aromatic nitrogens is 4. The Hall–Kier alpha value is -1.19. The van der Waals surface area contributed by atoms with Crippen molar-refractivity contribution < 1.29 is 0 Å². The SMILES string of the molecule is C=C1CCCC(c2nnn(C)n2)C1. The second kappa shape index (κ2) is 3.28. The standard InChI is InChI=1S/C9H14N4/c1-7-4-3-5-8(6-7)9-10-12-13(2)11-9/h8H,1,3-6H2,2H3. The molecule has 70 valence electrons. The maximum Gasteiger partial charge on any atom is 0.178 e. The Morgan fingerprint density at radius 1 is 1.54 bits per heavy atom. The van der Waals surface area contributed by atoms with Crippen LogP contribution in [0, 0.1) is 0 Å². The lowest BCUT2D eigenvalue weighted by Crippen LogP contribution is -2.08. The Bertz CT molecular complexity index is 315. The number of nitrogens with zero attached hydrogens (tertiary/aromatic N) is 4. The van der Waals surface area contributed by atoms with Crippen LogP contribution in [-0.2, 0) is 7.05 Å². The molecular formula is C9H14N4. The van der Waals surface area contributed by atoms with Crippen LogP contribution in [0.15, 0.2) is 12.2 Å². The van der Waals surface area contributed by atoms with Crippen molar-refractivity contribution in [2.45, 2.75) is 31.6 Å². The van der Waals surface area contributed by atoms with Crippen molar-refractivity contribution in [3.05, 3.63) is 18.0 Å². The summed E-state index contributed by atoms with van der Waals surface area (Å²) in [4.78, 5) is 1.52. The Balaban J connectivity index is 2.12. The van der Waals surface area contributed by atoms with Gasteiger partial charge in [0.1, 0.15) is 0 Å². The fourth-order valence-electron chi connectivity index (χ4n) is 1.83. The van der Waals surface area contributed by atoms with Crippen LogP contribution in [0.4, 0.5) is 0 Å². The van der Waals surface area contributed by atoms with Crippen LogP contribution in [-0.4, -0.2) is 20.2 Å². The Kier molecular flexibility index (Phi) is 2.12. The Morgan fingerprint density at radius 3 is 3.00 bits per heavy atom. The monoisotopic (exact) mass is 178 g/mol. The van der Waals surface area contributed by atoms with Crippen LogP contribution >= 0.6 is 0 Å². The summed E-state index contributed by atoms with van der Waals surface area (Å²) in [5, 5.41) is 12.1. The molecule has 1 aromatic rings. The van der Waals surface area contributed by atoms with E-state index < -0.39 is 0 Å². The summed E-state index contributed by atoms with van der Waals surface area (Å²) in [6, 6.07) is 0. The number of rotatable bonds is 1. The zero-order chi connectivity index (χ0) is 9.26. The topological polar surface area (TPSA) is 43.6 Å². The van der Waals surface area contributed by atoms with Gasteiger partial charge in [0.15, 0.2) is 5.82 Å². The minimum atomic E-state index is 0.454. The molecule has 1 aromatic heterocycles. The number of aryl methyl sites for hydroxylation is 1. The highest BCUT2D eigenvalue weighted by molar-refractivity contribution is 5.07. The highest BCUT2D eigenvalue weighted by atomic mass is 15.6. The van der Waals surface area contributed by atoms with Gasteiger partial charge in [-0.1, -0.05) is 12.2 Å². The predicted molar refractivity (Wildman–Crippen MR) is 49.1 cm³/mol. The molecule has 0 N–H and O–H groups in total. The molecule has 4 nitrogen and oxygen atoms in total. The summed E-state index contributed by atoms with van der Waals surface area (Å²) in [6.07, 6.45) is 4.58. The molecule has 1 saturated carbocycles. The first kappa shape index (κ1) is 8.41. The van der Waals surface area contributed by atoms with E-state index in [1.165, 1.54) is 23.2 Å². The van der Waals surface area contributed by atoms with Gasteiger partial charge in [-0.25, -0.2) is 0 Å². The number of allylic oxidation sites excluding steroid dienone is 1. The second-order valence-corrected chi connectivity index (χ2v) is 3.68. The Labute approximate surface area is 77.6 Å². The fraction of sp³-hybridized carbons (Fsp3) is 0.667. The largest absolute Gasteiger partial charge is 0.178 e. The zero-order valence-electron chi connectivity index (χ0n) is 7.90. The summed E-state index contributed by atoms with van der Waals surface area (Å²) >= 11 is 0. The number of hydrogen-bond donors (Lipinski definition) is 0. The normalized spacial score (nSPS) is 23.5. The molecule has 0 spiro atoms. The summed E-state index contributed by atoms with van der Waals surface area (Å²) < 4.78 is 0. The summed E-state index contributed by atoms with van der Waals surface area (Å²) in [5.74, 6) is 1.33. The van der Waals surface area contributed by atoms with Gasteiger partial charge in [0, 0.05) is 5.92 Å². The number of hydrogen-bond acceptors (Lipinski definition) is 3. The lowest BCUT2D eigenvalue weighted by molar-refractivity contribution is 0.500. The lowest BCUT2D eigenvalue weighted by atomic mass is 9.86. The average molecular weight is 178 g/mol. The van der Waals surface area contributed by atoms with Gasteiger partial charge in [-0.15, -0.1) is 10.2 Å².